The number of benzene rings is 4. The lowest BCUT2D eigenvalue weighted by molar-refractivity contribution is -0.115. The first-order chi connectivity index (χ1) is 34.5. The van der Waals surface area contributed by atoms with Gasteiger partial charge in [-0.15, -0.1) is 0 Å². The zero-order chi connectivity index (χ0) is 52.7. The fourth-order valence-corrected chi connectivity index (χ4v) is 11.6. The minimum Gasteiger partial charge on any atom is -0.507 e. The molecule has 72 heavy (non-hydrogen) atoms. The van der Waals surface area contributed by atoms with Gasteiger partial charge in [0.2, 0.25) is 0 Å². The van der Waals surface area contributed by atoms with Gasteiger partial charge in [-0.3, -0.25) is 19.2 Å². The third-order valence-electron chi connectivity index (χ3n) is 9.63. The summed E-state index contributed by atoms with van der Waals surface area (Å²) in [4.78, 5) is 51.0. The molecule has 0 unspecified atom stereocenters. The van der Waals surface area contributed by atoms with Crippen LogP contribution in [-0.4, -0.2) is 137 Å². The van der Waals surface area contributed by atoms with Crippen LogP contribution in [0.25, 0.3) is 11.1 Å². The highest BCUT2D eigenvalue weighted by molar-refractivity contribution is 9.11. The minimum atomic E-state index is -0.653. The molecule has 0 saturated heterocycles. The fourth-order valence-electron chi connectivity index (χ4n) is 6.13. The van der Waals surface area contributed by atoms with Crippen molar-refractivity contribution in [1.29, 1.82) is 0 Å². The second kappa shape index (κ2) is 31.0. The third-order valence-corrected chi connectivity index (χ3v) is 16.9. The number of rotatable bonds is 27. The lowest BCUT2D eigenvalue weighted by Crippen LogP contribution is -2.34. The molecule has 0 radical (unpaired) electrons. The Balaban J connectivity index is 1.21. The number of aromatic hydroxyl groups is 4. The van der Waals surface area contributed by atoms with Crippen LogP contribution in [0.1, 0.15) is 22.3 Å². The molecular weight excluding hydrogens is 1280 g/mol. The van der Waals surface area contributed by atoms with Crippen LogP contribution in [0.15, 0.2) is 99.2 Å². The van der Waals surface area contributed by atoms with E-state index in [1.807, 2.05) is 0 Å². The molecule has 20 nitrogen and oxygen atoms in total. The quantitative estimate of drug-likeness (QED) is 0.00913. The molecule has 28 heteroatoms. The van der Waals surface area contributed by atoms with Crippen molar-refractivity contribution in [3.8, 4) is 34.1 Å². The van der Waals surface area contributed by atoms with E-state index in [1.54, 1.807) is 24.3 Å². The molecular formula is C44H46Br4N8O12S4. The van der Waals surface area contributed by atoms with E-state index < -0.39 is 23.6 Å². The zero-order valence-corrected chi connectivity index (χ0v) is 47.0. The number of hydrogen-bond acceptors (Lipinski definition) is 20. The third kappa shape index (κ3) is 18.9. The van der Waals surface area contributed by atoms with E-state index in [9.17, 15) is 60.4 Å². The van der Waals surface area contributed by atoms with Gasteiger partial charge in [0.1, 0.15) is 45.8 Å². The van der Waals surface area contributed by atoms with Crippen molar-refractivity contribution in [2.45, 2.75) is 25.7 Å². The molecule has 4 rings (SSSR count). The Morgan fingerprint density at radius 1 is 0.403 bits per heavy atom. The Morgan fingerprint density at radius 2 is 0.667 bits per heavy atom. The summed E-state index contributed by atoms with van der Waals surface area (Å²) in [6.07, 6.45) is -0.274. The van der Waals surface area contributed by atoms with Crippen LogP contribution in [-0.2, 0) is 44.9 Å². The molecule has 4 aromatic carbocycles. The number of nitrogens with zero attached hydrogens (tertiary/aromatic N) is 4. The van der Waals surface area contributed by atoms with Gasteiger partial charge in [-0.1, -0.05) is 75.9 Å². The summed E-state index contributed by atoms with van der Waals surface area (Å²) in [6.45, 7) is 0.951. The average Bonchev–Trinajstić information content (AvgIpc) is 3.36. The van der Waals surface area contributed by atoms with Crippen molar-refractivity contribution in [2.75, 3.05) is 49.2 Å². The number of phenolic OH excluding ortho intramolecular Hbond substituents is 4. The topological polar surface area (TPSA) is 328 Å². The van der Waals surface area contributed by atoms with E-state index in [2.05, 4.69) is 106 Å². The maximum atomic E-state index is 13.0. The number of phenols is 4. The molecule has 0 saturated carbocycles. The number of amides is 4. The van der Waals surface area contributed by atoms with Crippen molar-refractivity contribution in [1.82, 2.24) is 21.3 Å². The minimum absolute atomic E-state index is 0.0373. The monoisotopic (exact) mass is 1320 g/mol. The van der Waals surface area contributed by atoms with Gasteiger partial charge >= 0.3 is 0 Å². The molecule has 0 aliphatic rings. The Hall–Kier alpha value is -4.84. The molecule has 4 aromatic rings. The van der Waals surface area contributed by atoms with Gasteiger partial charge in [-0.05, 0) is 135 Å². The lowest BCUT2D eigenvalue weighted by Gasteiger charge is -2.15. The SMILES string of the molecule is O=C(NCCSSCCNC(=O)/C(Cc1cc(Br)c(O)c(-c2cc(C/C(=N/O)C(=O)NCCSSCCNC(=O)/C(Cc3ccc(O)c(Br)c3)=N\O)cc(Br)c2O)c1)=N\O)/C(Cc1ccc(O)c(Br)c1)=N\O. The summed E-state index contributed by atoms with van der Waals surface area (Å²) in [5, 5.41) is 103. The van der Waals surface area contributed by atoms with Crippen LogP contribution in [0.2, 0.25) is 0 Å². The average molecular weight is 1330 g/mol. The van der Waals surface area contributed by atoms with Crippen LogP contribution in [0.4, 0.5) is 0 Å². The van der Waals surface area contributed by atoms with E-state index in [0.29, 0.717) is 54.2 Å². The first kappa shape index (κ1) is 59.7. The van der Waals surface area contributed by atoms with Gasteiger partial charge in [0.25, 0.3) is 23.6 Å². The summed E-state index contributed by atoms with van der Waals surface area (Å²) in [5.41, 5.74) is 1.69. The number of halogens is 4. The van der Waals surface area contributed by atoms with E-state index >= 15 is 0 Å². The Morgan fingerprint density at radius 3 is 0.931 bits per heavy atom. The number of hydrogen-bond donors (Lipinski definition) is 12. The van der Waals surface area contributed by atoms with E-state index in [1.165, 1.54) is 79.6 Å². The summed E-state index contributed by atoms with van der Waals surface area (Å²) < 4.78 is 1.27. The van der Waals surface area contributed by atoms with E-state index in [-0.39, 0.29) is 118 Å². The smallest absolute Gasteiger partial charge is 0.269 e. The standard InChI is InChI=1S/C44H46Br4N8O12S4/c45-29-15-23(1-3-37(29)57)19-33(53-65)41(61)49-5-9-69-71-11-7-51-43(63)35(55-67)21-25-13-27(39(59)31(47)17-25)28-14-26(18-32(48)40(28)60)22-36(56-68)44(64)52-8-12-72-70-10-6-50-42(62)34(54-66)20-24-2-4-38(58)30(46)16-24/h1-4,13-18,57-60,65-68H,5-12,19-22H2,(H,49,61)(H,50,62)(H,51,63)(H,52,64)/b53-33-,54-34-,55-35-,56-36-. The maximum absolute atomic E-state index is 13.0. The van der Waals surface area contributed by atoms with Crippen LogP contribution >= 0.6 is 107 Å². The molecule has 386 valence electrons. The molecule has 0 aliphatic heterocycles. The number of carbonyl (C=O) groups is 4. The summed E-state index contributed by atoms with van der Waals surface area (Å²) >= 11 is 13.1. The van der Waals surface area contributed by atoms with Crippen LogP contribution in [0.5, 0.6) is 23.0 Å². The summed E-state index contributed by atoms with van der Waals surface area (Å²) in [7, 11) is 5.71. The van der Waals surface area contributed by atoms with Crippen LogP contribution in [0, 0.1) is 0 Å². The van der Waals surface area contributed by atoms with Crippen LogP contribution in [0.3, 0.4) is 0 Å². The van der Waals surface area contributed by atoms with Crippen molar-refractivity contribution in [2.24, 2.45) is 20.6 Å². The zero-order valence-electron chi connectivity index (χ0n) is 37.4. The maximum Gasteiger partial charge on any atom is 0.269 e. The first-order valence-corrected chi connectivity index (χ1v) is 29.1. The predicted molar refractivity (Wildman–Crippen MR) is 296 cm³/mol. The normalized spacial score (nSPS) is 12.1. The Kier molecular flexibility index (Phi) is 25.7. The highest BCUT2D eigenvalue weighted by atomic mass is 79.9. The van der Waals surface area contributed by atoms with Crippen LogP contribution < -0.4 is 21.3 Å². The Labute approximate surface area is 461 Å². The second-order valence-corrected chi connectivity index (χ2v) is 23.5. The van der Waals surface area contributed by atoms with E-state index in [0.717, 1.165) is 0 Å². The van der Waals surface area contributed by atoms with Gasteiger partial charge in [-0.2, -0.15) is 0 Å². The first-order valence-electron chi connectivity index (χ1n) is 20.9. The number of carbonyl (C=O) groups excluding carboxylic acids is 4. The molecule has 0 spiro atoms. The van der Waals surface area contributed by atoms with Gasteiger partial charge in [0.15, 0.2) is 0 Å². The molecule has 12 N–H and O–H groups in total. The van der Waals surface area contributed by atoms with E-state index in [4.69, 9.17) is 0 Å². The van der Waals surface area contributed by atoms with Crippen molar-refractivity contribution < 1.29 is 60.4 Å². The van der Waals surface area contributed by atoms with Gasteiger partial charge < -0.3 is 62.5 Å². The summed E-state index contributed by atoms with van der Waals surface area (Å²) in [5.74, 6) is -0.934. The van der Waals surface area contributed by atoms with Gasteiger partial charge in [-0.25, -0.2) is 0 Å². The lowest BCUT2D eigenvalue weighted by atomic mass is 9.95. The fraction of sp³-hybridized carbons (Fsp3) is 0.273. The van der Waals surface area contributed by atoms with Crippen molar-refractivity contribution in [3.63, 3.8) is 0 Å². The number of oxime groups is 4. The predicted octanol–water partition coefficient (Wildman–Crippen LogP) is 7.34. The largest absolute Gasteiger partial charge is 0.507 e. The van der Waals surface area contributed by atoms with Crippen molar-refractivity contribution in [3.05, 3.63) is 101 Å². The summed E-state index contributed by atoms with van der Waals surface area (Å²) in [6, 6.07) is 15.4. The molecule has 0 aliphatic carbocycles. The Bertz CT molecular complexity index is 2540. The molecule has 0 bridgehead atoms. The second-order valence-electron chi connectivity index (χ2n) is 14.7. The highest BCUT2D eigenvalue weighted by Crippen LogP contribution is 2.44. The molecule has 4 amide bonds. The molecule has 0 atom stereocenters. The molecule has 0 fully saturated rings. The highest BCUT2D eigenvalue weighted by Gasteiger charge is 2.22. The number of nitrogens with one attached hydrogen (secondary N) is 4. The molecule has 0 aromatic heterocycles. The van der Waals surface area contributed by atoms with Gasteiger partial charge in [0.05, 0.1) is 17.9 Å². The molecule has 0 heterocycles. The van der Waals surface area contributed by atoms with Gasteiger partial charge in [0, 0.05) is 86.0 Å². The van der Waals surface area contributed by atoms with Crippen molar-refractivity contribution >= 4 is 153 Å².